The second-order valence-electron chi connectivity index (χ2n) is 8.13. The van der Waals surface area contributed by atoms with Gasteiger partial charge >= 0.3 is 12.1 Å². The predicted octanol–water partition coefficient (Wildman–Crippen LogP) is 3.57. The molecule has 0 fully saturated rings. The summed E-state index contributed by atoms with van der Waals surface area (Å²) in [4.78, 5) is 38.1. The molecule has 0 aromatic heterocycles. The number of nitrogens with zero attached hydrogens (tertiary/aromatic N) is 1. The number of alkyl carbamates (subject to hydrolysis) is 1. The van der Waals surface area contributed by atoms with E-state index in [9.17, 15) is 19.5 Å². The van der Waals surface area contributed by atoms with Gasteiger partial charge in [-0.1, -0.05) is 66.7 Å². The molecule has 2 N–H and O–H groups in total. The number of carbonyl (C=O) groups excluding carboxylic acids is 2. The molecule has 1 heterocycles. The lowest BCUT2D eigenvalue weighted by molar-refractivity contribution is -0.139. The summed E-state index contributed by atoms with van der Waals surface area (Å²) in [6.45, 7) is -0.215. The van der Waals surface area contributed by atoms with E-state index >= 15 is 0 Å². The van der Waals surface area contributed by atoms with Crippen LogP contribution in [0.25, 0.3) is 11.1 Å². The molecule has 2 amide bonds. The molecule has 166 valence electrons. The minimum Gasteiger partial charge on any atom is -0.480 e. The van der Waals surface area contributed by atoms with E-state index in [0.29, 0.717) is 5.69 Å². The van der Waals surface area contributed by atoms with Gasteiger partial charge in [0, 0.05) is 18.0 Å². The number of para-hydroxylation sites is 1. The fourth-order valence-electron chi connectivity index (χ4n) is 4.77. The molecule has 1 aliphatic carbocycles. The molecule has 3 aromatic carbocycles. The first-order valence-electron chi connectivity index (χ1n) is 10.8. The lowest BCUT2D eigenvalue weighted by Gasteiger charge is -2.23. The average Bonchev–Trinajstić information content (AvgIpc) is 3.38. The third kappa shape index (κ3) is 3.71. The monoisotopic (exact) mass is 442 g/mol. The topological polar surface area (TPSA) is 95.9 Å². The lowest BCUT2D eigenvalue weighted by Crippen LogP contribution is -2.47. The van der Waals surface area contributed by atoms with Gasteiger partial charge in [0.2, 0.25) is 5.91 Å². The number of carboxylic acid groups (broad SMARTS) is 1. The largest absolute Gasteiger partial charge is 0.480 e. The second kappa shape index (κ2) is 8.43. The molecule has 0 unspecified atom stereocenters. The molecule has 0 bridgehead atoms. The third-order valence-corrected chi connectivity index (χ3v) is 6.26. The Balaban J connectivity index is 1.23. The van der Waals surface area contributed by atoms with Gasteiger partial charge in [-0.25, -0.2) is 9.59 Å². The van der Waals surface area contributed by atoms with Crippen LogP contribution in [-0.2, 0) is 20.7 Å². The summed E-state index contributed by atoms with van der Waals surface area (Å²) in [5.74, 6) is -1.66. The number of nitrogens with one attached hydrogen (secondary N) is 1. The van der Waals surface area contributed by atoms with E-state index in [1.807, 2.05) is 36.4 Å². The Hall–Kier alpha value is -4.13. The third-order valence-electron chi connectivity index (χ3n) is 6.26. The average molecular weight is 442 g/mol. The number of carboxylic acids is 1. The van der Waals surface area contributed by atoms with Crippen LogP contribution in [0.4, 0.5) is 10.5 Å². The van der Waals surface area contributed by atoms with Crippen molar-refractivity contribution in [2.75, 3.05) is 18.1 Å². The van der Waals surface area contributed by atoms with Crippen molar-refractivity contribution in [1.29, 1.82) is 0 Å². The Morgan fingerprint density at radius 1 is 0.909 bits per heavy atom. The van der Waals surface area contributed by atoms with Crippen LogP contribution >= 0.6 is 0 Å². The van der Waals surface area contributed by atoms with Gasteiger partial charge in [0.1, 0.15) is 19.2 Å². The fourth-order valence-corrected chi connectivity index (χ4v) is 4.77. The lowest BCUT2D eigenvalue weighted by atomic mass is 9.98. The van der Waals surface area contributed by atoms with Crippen LogP contribution in [0.15, 0.2) is 72.8 Å². The van der Waals surface area contributed by atoms with Crippen molar-refractivity contribution in [3.63, 3.8) is 0 Å². The van der Waals surface area contributed by atoms with Crippen LogP contribution in [0.3, 0.4) is 0 Å². The number of benzene rings is 3. The van der Waals surface area contributed by atoms with Gasteiger partial charge in [0.25, 0.3) is 0 Å². The molecule has 0 saturated heterocycles. The number of rotatable bonds is 5. The Morgan fingerprint density at radius 2 is 1.52 bits per heavy atom. The zero-order chi connectivity index (χ0) is 22.9. The molecule has 3 aromatic rings. The Bertz CT molecular complexity index is 1210. The number of ether oxygens (including phenoxy) is 1. The highest BCUT2D eigenvalue weighted by Crippen LogP contribution is 2.44. The van der Waals surface area contributed by atoms with Crippen LogP contribution in [0.1, 0.15) is 22.6 Å². The zero-order valence-electron chi connectivity index (χ0n) is 17.7. The van der Waals surface area contributed by atoms with Crippen molar-refractivity contribution < 1.29 is 24.2 Å². The van der Waals surface area contributed by atoms with E-state index in [2.05, 4.69) is 17.4 Å². The highest BCUT2D eigenvalue weighted by Gasteiger charge is 2.38. The number of fused-ring (bicyclic) bond motifs is 4. The first-order valence-corrected chi connectivity index (χ1v) is 10.8. The quantitative estimate of drug-likeness (QED) is 0.630. The van der Waals surface area contributed by atoms with E-state index in [-0.39, 0.29) is 25.5 Å². The van der Waals surface area contributed by atoms with Gasteiger partial charge < -0.3 is 15.2 Å². The predicted molar refractivity (Wildman–Crippen MR) is 122 cm³/mol. The second-order valence-corrected chi connectivity index (χ2v) is 8.13. The van der Waals surface area contributed by atoms with E-state index in [0.717, 1.165) is 27.8 Å². The first kappa shape index (κ1) is 20.8. The molecule has 33 heavy (non-hydrogen) atoms. The minimum atomic E-state index is -1.08. The molecular formula is C26H22N2O5. The molecule has 0 spiro atoms. The highest BCUT2D eigenvalue weighted by atomic mass is 16.5. The maximum absolute atomic E-state index is 12.8. The summed E-state index contributed by atoms with van der Waals surface area (Å²) in [6, 6.07) is 22.1. The number of aliphatic carboxylic acids is 1. The molecule has 0 radical (unpaired) electrons. The molecule has 5 rings (SSSR count). The molecular weight excluding hydrogens is 420 g/mol. The van der Waals surface area contributed by atoms with Crippen molar-refractivity contribution in [1.82, 2.24) is 5.32 Å². The van der Waals surface area contributed by atoms with Crippen LogP contribution in [0.2, 0.25) is 0 Å². The minimum absolute atomic E-state index is 0.0827. The van der Waals surface area contributed by atoms with Crippen molar-refractivity contribution >= 4 is 23.7 Å². The smallest absolute Gasteiger partial charge is 0.407 e. The number of amides is 2. The summed E-state index contributed by atoms with van der Waals surface area (Å²) in [5, 5.41) is 12.0. The number of carbonyl (C=O) groups is 3. The molecule has 7 nitrogen and oxygen atoms in total. The standard InChI is InChI=1S/C26H22N2O5/c29-24(28-22-12-6-1-7-16(22)13-23(28)25(30)31)14-27-26(32)33-15-21-19-10-4-2-8-17(19)18-9-3-5-11-20(18)21/h1-12,21,23H,13-15H2,(H,27,32)(H,30,31)/t23-/m0/s1. The van der Waals surface area contributed by atoms with Crippen molar-refractivity contribution in [2.24, 2.45) is 0 Å². The van der Waals surface area contributed by atoms with E-state index < -0.39 is 24.0 Å². The van der Waals surface area contributed by atoms with Crippen LogP contribution in [0, 0.1) is 0 Å². The molecule has 7 heteroatoms. The van der Waals surface area contributed by atoms with Crippen molar-refractivity contribution in [2.45, 2.75) is 18.4 Å². The number of hydrogen-bond donors (Lipinski definition) is 2. The molecule has 2 aliphatic rings. The van der Waals surface area contributed by atoms with Gasteiger partial charge in [-0.2, -0.15) is 0 Å². The fraction of sp³-hybridized carbons (Fsp3) is 0.192. The van der Waals surface area contributed by atoms with Crippen LogP contribution in [-0.4, -0.2) is 42.3 Å². The van der Waals surface area contributed by atoms with E-state index in [4.69, 9.17) is 4.74 Å². The maximum atomic E-state index is 12.8. The maximum Gasteiger partial charge on any atom is 0.407 e. The van der Waals surface area contributed by atoms with Crippen LogP contribution in [0.5, 0.6) is 0 Å². The summed E-state index contributed by atoms with van der Waals surface area (Å²) < 4.78 is 5.46. The summed E-state index contributed by atoms with van der Waals surface area (Å²) in [5.41, 5.74) is 5.80. The Morgan fingerprint density at radius 3 is 2.18 bits per heavy atom. The molecule has 1 aliphatic heterocycles. The van der Waals surface area contributed by atoms with Crippen molar-refractivity contribution in [3.8, 4) is 11.1 Å². The SMILES string of the molecule is O=C(NCC(=O)N1c2ccccc2C[C@H]1C(=O)O)OCC1c2ccccc2-c2ccccc21. The van der Waals surface area contributed by atoms with E-state index in [1.165, 1.54) is 4.90 Å². The van der Waals surface area contributed by atoms with Gasteiger partial charge in [0.15, 0.2) is 0 Å². The number of hydrogen-bond acceptors (Lipinski definition) is 4. The van der Waals surface area contributed by atoms with Gasteiger partial charge in [-0.05, 0) is 33.9 Å². The molecule has 0 saturated carbocycles. The first-order chi connectivity index (χ1) is 16.0. The summed E-state index contributed by atoms with van der Waals surface area (Å²) in [7, 11) is 0. The van der Waals surface area contributed by atoms with Crippen molar-refractivity contribution in [3.05, 3.63) is 89.5 Å². The van der Waals surface area contributed by atoms with Gasteiger partial charge in [-0.3, -0.25) is 9.69 Å². The zero-order valence-corrected chi connectivity index (χ0v) is 17.7. The van der Waals surface area contributed by atoms with Gasteiger partial charge in [-0.15, -0.1) is 0 Å². The van der Waals surface area contributed by atoms with E-state index in [1.54, 1.807) is 24.3 Å². The summed E-state index contributed by atoms with van der Waals surface area (Å²) in [6.07, 6.45) is -0.480. The Kier molecular flexibility index (Phi) is 5.30. The highest BCUT2D eigenvalue weighted by molar-refractivity contribution is 6.03. The Labute approximate surface area is 190 Å². The molecule has 1 atom stereocenters. The number of anilines is 1. The summed E-state index contributed by atoms with van der Waals surface area (Å²) >= 11 is 0. The van der Waals surface area contributed by atoms with Gasteiger partial charge in [0.05, 0.1) is 0 Å². The van der Waals surface area contributed by atoms with Crippen LogP contribution < -0.4 is 10.2 Å². The normalized spacial score (nSPS) is 16.0.